The highest BCUT2D eigenvalue weighted by molar-refractivity contribution is 7.92. The van der Waals surface area contributed by atoms with Crippen LogP contribution in [-0.4, -0.2) is 40.6 Å². The Morgan fingerprint density at radius 1 is 1.31 bits per heavy atom. The Bertz CT molecular complexity index is 964. The van der Waals surface area contributed by atoms with Gasteiger partial charge in [-0.15, -0.1) is 0 Å². The molecule has 0 aliphatic carbocycles. The Kier molecular flexibility index (Phi) is 4.88. The molecule has 0 bridgehead atoms. The predicted octanol–water partition coefficient (Wildman–Crippen LogP) is 0.896. The number of nitrogens with zero attached hydrogens (tertiary/aromatic N) is 1. The third-order valence-corrected chi connectivity index (χ3v) is 5.12. The Morgan fingerprint density at radius 2 is 2.08 bits per heavy atom. The van der Waals surface area contributed by atoms with Gasteiger partial charge < -0.3 is 15.2 Å². The minimum atomic E-state index is -4.18. The first-order valence-corrected chi connectivity index (χ1v) is 9.36. The van der Waals surface area contributed by atoms with Gasteiger partial charge in [0.2, 0.25) is 0 Å². The molecular formula is C16H18FN3O5S. The molecule has 0 saturated carbocycles. The molecule has 2 aromatic rings. The minimum absolute atomic E-state index is 0.0354. The average Bonchev–Trinajstić information content (AvgIpc) is 2.86. The molecule has 140 valence electrons. The number of hydrogen-bond donors (Lipinski definition) is 2. The maximum atomic E-state index is 15.3. The topological polar surface area (TPSA) is 111 Å². The van der Waals surface area contributed by atoms with E-state index in [-0.39, 0.29) is 30.0 Å². The first-order chi connectivity index (χ1) is 12.4. The first-order valence-electron chi connectivity index (χ1n) is 7.92. The van der Waals surface area contributed by atoms with Gasteiger partial charge >= 0.3 is 10.2 Å². The summed E-state index contributed by atoms with van der Waals surface area (Å²) in [4.78, 5) is 11.5. The van der Waals surface area contributed by atoms with Crippen LogP contribution in [0.3, 0.4) is 0 Å². The van der Waals surface area contributed by atoms with Gasteiger partial charge in [0.25, 0.3) is 5.91 Å². The number of nitrogens with one attached hydrogen (secondary N) is 1. The summed E-state index contributed by atoms with van der Waals surface area (Å²) in [6.07, 6.45) is 0. The standard InChI is InChI=1S/C16H18FN3O5S/c1-2-24-13-7-10-3-4-11(25-6-5-18)8-12(10)15(17)16(13)20-9-14(21)19-26(20,22)23/h3-4,7-8H,2,5-6,9,18H2,1H3,(H,19,21). The summed E-state index contributed by atoms with van der Waals surface area (Å²) in [7, 11) is -4.18. The lowest BCUT2D eigenvalue weighted by atomic mass is 10.1. The van der Waals surface area contributed by atoms with Crippen molar-refractivity contribution in [3.63, 3.8) is 0 Å². The van der Waals surface area contributed by atoms with Crippen LogP contribution in [0.5, 0.6) is 11.5 Å². The number of hydrogen-bond acceptors (Lipinski definition) is 6. The van der Waals surface area contributed by atoms with Crippen LogP contribution in [-0.2, 0) is 15.0 Å². The zero-order valence-corrected chi connectivity index (χ0v) is 14.8. The second-order valence-corrected chi connectivity index (χ2v) is 7.12. The number of nitrogens with two attached hydrogens (primary N) is 1. The summed E-state index contributed by atoms with van der Waals surface area (Å²) in [5, 5.41) is 0.651. The molecule has 1 aliphatic heterocycles. The predicted molar refractivity (Wildman–Crippen MR) is 94.0 cm³/mol. The van der Waals surface area contributed by atoms with E-state index in [9.17, 15) is 13.2 Å². The molecule has 3 rings (SSSR count). The van der Waals surface area contributed by atoms with Crippen LogP contribution in [0.25, 0.3) is 10.8 Å². The molecule has 26 heavy (non-hydrogen) atoms. The Labute approximate surface area is 149 Å². The van der Waals surface area contributed by atoms with E-state index in [2.05, 4.69) is 0 Å². The van der Waals surface area contributed by atoms with Crippen molar-refractivity contribution in [2.45, 2.75) is 6.92 Å². The fourth-order valence-corrected chi connectivity index (χ4v) is 3.87. The molecule has 0 atom stereocenters. The van der Waals surface area contributed by atoms with E-state index in [0.29, 0.717) is 22.0 Å². The fraction of sp³-hybridized carbons (Fsp3) is 0.312. The number of fused-ring (bicyclic) bond motifs is 1. The van der Waals surface area contributed by atoms with Crippen molar-refractivity contribution in [2.75, 3.05) is 30.6 Å². The molecule has 2 aromatic carbocycles. The van der Waals surface area contributed by atoms with E-state index in [1.54, 1.807) is 19.1 Å². The second-order valence-electron chi connectivity index (χ2n) is 5.53. The van der Waals surface area contributed by atoms with E-state index >= 15 is 4.39 Å². The molecule has 3 N–H and O–H groups in total. The monoisotopic (exact) mass is 383 g/mol. The van der Waals surface area contributed by atoms with Crippen molar-refractivity contribution in [1.82, 2.24) is 4.72 Å². The molecule has 0 aromatic heterocycles. The number of amides is 1. The smallest absolute Gasteiger partial charge is 0.326 e. The summed E-state index contributed by atoms with van der Waals surface area (Å²) < 4.78 is 52.9. The molecule has 0 unspecified atom stereocenters. The van der Waals surface area contributed by atoms with Crippen molar-refractivity contribution in [1.29, 1.82) is 0 Å². The summed E-state index contributed by atoms with van der Waals surface area (Å²) in [6.45, 7) is 1.93. The van der Waals surface area contributed by atoms with E-state index in [0.717, 1.165) is 0 Å². The van der Waals surface area contributed by atoms with Gasteiger partial charge in [-0.3, -0.25) is 4.79 Å². The molecule has 1 fully saturated rings. The number of ether oxygens (including phenoxy) is 2. The van der Waals surface area contributed by atoms with Crippen LogP contribution >= 0.6 is 0 Å². The summed E-state index contributed by atoms with van der Waals surface area (Å²) in [5.41, 5.74) is 5.08. The lowest BCUT2D eigenvalue weighted by Crippen LogP contribution is -2.30. The van der Waals surface area contributed by atoms with E-state index in [4.69, 9.17) is 15.2 Å². The van der Waals surface area contributed by atoms with Crippen molar-refractivity contribution in [2.24, 2.45) is 5.73 Å². The van der Waals surface area contributed by atoms with Crippen LogP contribution in [0.4, 0.5) is 10.1 Å². The molecule has 10 heteroatoms. The van der Waals surface area contributed by atoms with E-state index in [1.165, 1.54) is 12.1 Å². The number of anilines is 1. The van der Waals surface area contributed by atoms with Crippen molar-refractivity contribution >= 4 is 32.6 Å². The van der Waals surface area contributed by atoms with Gasteiger partial charge in [-0.25, -0.2) is 13.4 Å². The Morgan fingerprint density at radius 3 is 2.69 bits per heavy atom. The van der Waals surface area contributed by atoms with Crippen LogP contribution in [0.1, 0.15) is 6.92 Å². The molecule has 1 aliphatic rings. The fourth-order valence-electron chi connectivity index (χ4n) is 2.71. The van der Waals surface area contributed by atoms with Gasteiger partial charge in [0.15, 0.2) is 5.82 Å². The Hall–Kier alpha value is -2.59. The van der Waals surface area contributed by atoms with Crippen LogP contribution in [0.15, 0.2) is 24.3 Å². The van der Waals surface area contributed by atoms with E-state index in [1.807, 2.05) is 4.72 Å². The van der Waals surface area contributed by atoms with Gasteiger partial charge in [0.05, 0.1) is 6.61 Å². The average molecular weight is 383 g/mol. The second kappa shape index (κ2) is 6.96. The van der Waals surface area contributed by atoms with Gasteiger partial charge in [-0.05, 0) is 30.5 Å². The zero-order chi connectivity index (χ0) is 18.9. The molecule has 1 saturated heterocycles. The Balaban J connectivity index is 2.20. The summed E-state index contributed by atoms with van der Waals surface area (Å²) in [6, 6.07) is 6.28. The van der Waals surface area contributed by atoms with Crippen LogP contribution < -0.4 is 24.2 Å². The maximum absolute atomic E-state index is 15.3. The molecule has 1 amide bonds. The summed E-state index contributed by atoms with van der Waals surface area (Å²) >= 11 is 0. The van der Waals surface area contributed by atoms with E-state index < -0.39 is 28.5 Å². The first kappa shape index (κ1) is 18.2. The van der Waals surface area contributed by atoms with Gasteiger partial charge in [-0.2, -0.15) is 8.42 Å². The molecule has 0 spiro atoms. The van der Waals surface area contributed by atoms with Crippen LogP contribution in [0, 0.1) is 5.82 Å². The molecule has 1 heterocycles. The van der Waals surface area contributed by atoms with Crippen molar-refractivity contribution in [3.8, 4) is 11.5 Å². The normalized spacial score (nSPS) is 16.0. The lowest BCUT2D eigenvalue weighted by Gasteiger charge is -2.21. The molecule has 8 nitrogen and oxygen atoms in total. The largest absolute Gasteiger partial charge is 0.492 e. The van der Waals surface area contributed by atoms with Gasteiger partial charge in [-0.1, -0.05) is 6.07 Å². The number of halogens is 1. The highest BCUT2D eigenvalue weighted by atomic mass is 32.2. The number of benzene rings is 2. The van der Waals surface area contributed by atoms with Crippen molar-refractivity contribution in [3.05, 3.63) is 30.1 Å². The van der Waals surface area contributed by atoms with Crippen molar-refractivity contribution < 1.29 is 27.1 Å². The maximum Gasteiger partial charge on any atom is 0.326 e. The molecular weight excluding hydrogens is 365 g/mol. The third-order valence-electron chi connectivity index (χ3n) is 3.75. The summed E-state index contributed by atoms with van der Waals surface area (Å²) in [5.74, 6) is -1.13. The van der Waals surface area contributed by atoms with Gasteiger partial charge in [0, 0.05) is 11.9 Å². The highest BCUT2D eigenvalue weighted by Gasteiger charge is 2.38. The SMILES string of the molecule is CCOc1cc2ccc(OCCN)cc2c(F)c1N1CC(=O)NS1(=O)=O. The lowest BCUT2D eigenvalue weighted by molar-refractivity contribution is -0.117. The highest BCUT2D eigenvalue weighted by Crippen LogP contribution is 2.40. The number of rotatable bonds is 6. The number of carbonyl (C=O) groups is 1. The van der Waals surface area contributed by atoms with Crippen LogP contribution in [0.2, 0.25) is 0 Å². The number of carbonyl (C=O) groups excluding carboxylic acids is 1. The third kappa shape index (κ3) is 3.25. The quantitative estimate of drug-likeness (QED) is 0.767. The minimum Gasteiger partial charge on any atom is -0.492 e. The van der Waals surface area contributed by atoms with Gasteiger partial charge in [0.1, 0.15) is 30.3 Å². The molecule has 0 radical (unpaired) electrons. The zero-order valence-electron chi connectivity index (χ0n) is 14.0.